The second-order valence-corrected chi connectivity index (χ2v) is 6.32. The topological polar surface area (TPSA) is 46.3 Å². The number of hydrogen-bond acceptors (Lipinski definition) is 3. The van der Waals surface area contributed by atoms with Crippen LogP contribution in [0.4, 0.5) is 4.39 Å². The first-order valence-electron chi connectivity index (χ1n) is 8.04. The number of aromatic nitrogens is 1. The number of nitrogens with zero attached hydrogens (tertiary/aromatic N) is 2. The molecule has 0 saturated carbocycles. The zero-order valence-corrected chi connectivity index (χ0v) is 13.5. The predicted octanol–water partition coefficient (Wildman–Crippen LogP) is 3.72. The number of halogens is 1. The second-order valence-electron chi connectivity index (χ2n) is 6.32. The second kappa shape index (κ2) is 6.52. The van der Waals surface area contributed by atoms with E-state index in [1.54, 1.807) is 12.3 Å². The fraction of sp³-hybridized carbons (Fsp3) is 0.444. The predicted molar refractivity (Wildman–Crippen MR) is 84.2 cm³/mol. The number of carbonyl (C=O) groups excluding carboxylic acids is 1. The lowest BCUT2D eigenvalue weighted by atomic mass is 10.1. The van der Waals surface area contributed by atoms with Crippen molar-refractivity contribution in [2.24, 2.45) is 5.92 Å². The van der Waals surface area contributed by atoms with Gasteiger partial charge in [-0.05, 0) is 30.5 Å². The molecule has 3 rings (SSSR count). The highest BCUT2D eigenvalue weighted by molar-refractivity contribution is 5.78. The van der Waals surface area contributed by atoms with E-state index < -0.39 is 0 Å². The van der Waals surface area contributed by atoms with Gasteiger partial charge in [0, 0.05) is 18.9 Å². The van der Waals surface area contributed by atoms with Gasteiger partial charge in [-0.1, -0.05) is 26.0 Å². The third-order valence-electron chi connectivity index (χ3n) is 4.15. The van der Waals surface area contributed by atoms with Gasteiger partial charge in [0.2, 0.25) is 11.8 Å². The summed E-state index contributed by atoms with van der Waals surface area (Å²) in [4.78, 5) is 18.5. The summed E-state index contributed by atoms with van der Waals surface area (Å²) < 4.78 is 19.1. The molecule has 1 atom stereocenters. The summed E-state index contributed by atoms with van der Waals surface area (Å²) in [7, 11) is 0. The Morgan fingerprint density at radius 2 is 2.30 bits per heavy atom. The highest BCUT2D eigenvalue weighted by atomic mass is 19.1. The van der Waals surface area contributed by atoms with Gasteiger partial charge in [0.05, 0.1) is 6.20 Å². The lowest BCUT2D eigenvalue weighted by molar-refractivity contribution is -0.135. The van der Waals surface area contributed by atoms with E-state index in [2.05, 4.69) is 4.98 Å². The fourth-order valence-electron chi connectivity index (χ4n) is 3.03. The monoisotopic (exact) mass is 316 g/mol. The van der Waals surface area contributed by atoms with Crippen molar-refractivity contribution in [1.82, 2.24) is 9.88 Å². The van der Waals surface area contributed by atoms with Crippen LogP contribution in [0.1, 0.15) is 49.9 Å². The molecule has 0 radical (unpaired) electrons. The molecule has 4 nitrogen and oxygen atoms in total. The normalized spacial score (nSPS) is 17.9. The van der Waals surface area contributed by atoms with Crippen LogP contribution in [0, 0.1) is 11.7 Å². The molecule has 0 aliphatic carbocycles. The molecule has 2 aromatic rings. The number of likely N-dealkylation sites (tertiary alicyclic amines) is 1. The van der Waals surface area contributed by atoms with Crippen LogP contribution in [0.5, 0.6) is 0 Å². The first kappa shape index (κ1) is 15.7. The summed E-state index contributed by atoms with van der Waals surface area (Å²) in [6.45, 7) is 4.56. The summed E-state index contributed by atoms with van der Waals surface area (Å²) in [6.07, 6.45) is 4.01. The first-order valence-corrected chi connectivity index (χ1v) is 8.04. The molecule has 1 fully saturated rings. The smallest absolute Gasteiger partial charge is 0.225 e. The maximum Gasteiger partial charge on any atom is 0.225 e. The van der Waals surface area contributed by atoms with E-state index in [-0.39, 0.29) is 23.7 Å². The van der Waals surface area contributed by atoms with Crippen LogP contribution in [0.25, 0.3) is 0 Å². The quantitative estimate of drug-likeness (QED) is 0.863. The molecule has 1 aliphatic rings. The molecule has 0 spiro atoms. The molecule has 0 bridgehead atoms. The Balaban J connectivity index is 1.75. The fourth-order valence-corrected chi connectivity index (χ4v) is 3.03. The van der Waals surface area contributed by atoms with Gasteiger partial charge in [-0.15, -0.1) is 0 Å². The summed E-state index contributed by atoms with van der Waals surface area (Å²) in [5.41, 5.74) is 0.842. The van der Waals surface area contributed by atoms with Crippen LogP contribution in [-0.4, -0.2) is 22.3 Å². The molecule has 1 amide bonds. The molecule has 1 saturated heterocycles. The van der Waals surface area contributed by atoms with E-state index in [9.17, 15) is 9.18 Å². The van der Waals surface area contributed by atoms with Gasteiger partial charge in [0.25, 0.3) is 0 Å². The van der Waals surface area contributed by atoms with Crippen LogP contribution in [0.15, 0.2) is 34.9 Å². The van der Waals surface area contributed by atoms with E-state index in [1.165, 1.54) is 12.1 Å². The number of oxazole rings is 1. The van der Waals surface area contributed by atoms with Crippen molar-refractivity contribution in [1.29, 1.82) is 0 Å². The maximum absolute atomic E-state index is 13.2. The molecule has 1 aliphatic heterocycles. The summed E-state index contributed by atoms with van der Waals surface area (Å²) >= 11 is 0. The van der Waals surface area contributed by atoms with Crippen molar-refractivity contribution in [3.8, 4) is 0 Å². The first-order chi connectivity index (χ1) is 11.0. The van der Waals surface area contributed by atoms with Crippen molar-refractivity contribution in [2.45, 2.75) is 39.2 Å². The number of rotatable bonds is 4. The van der Waals surface area contributed by atoms with E-state index in [4.69, 9.17) is 4.42 Å². The minimum atomic E-state index is -0.258. The minimum Gasteiger partial charge on any atom is -0.443 e. The molecular formula is C18H21FN2O2. The summed E-state index contributed by atoms with van der Waals surface area (Å²) in [5, 5.41) is 0. The van der Waals surface area contributed by atoms with E-state index >= 15 is 0 Å². The third-order valence-corrected chi connectivity index (χ3v) is 4.15. The van der Waals surface area contributed by atoms with Gasteiger partial charge in [-0.25, -0.2) is 9.37 Å². The van der Waals surface area contributed by atoms with Crippen LogP contribution in [-0.2, 0) is 11.2 Å². The number of carbonyl (C=O) groups is 1. The zero-order valence-electron chi connectivity index (χ0n) is 13.5. The average molecular weight is 316 g/mol. The van der Waals surface area contributed by atoms with Gasteiger partial charge in [-0.3, -0.25) is 4.79 Å². The highest BCUT2D eigenvalue weighted by Gasteiger charge is 2.34. The minimum absolute atomic E-state index is 0.0303. The molecule has 1 unspecified atom stereocenters. The van der Waals surface area contributed by atoms with E-state index in [0.717, 1.165) is 24.9 Å². The standard InChI is InChI=1S/C18H21FN2O2/c1-12(2)18(22)21-8-4-7-16(21)17-20-11-15(23-17)10-13-5-3-6-14(19)9-13/h3,5-6,9,11-12,16H,4,7-8,10H2,1-2H3. The van der Waals surface area contributed by atoms with Crippen LogP contribution < -0.4 is 0 Å². The van der Waals surface area contributed by atoms with Gasteiger partial charge in [-0.2, -0.15) is 0 Å². The molecule has 2 heterocycles. The van der Waals surface area contributed by atoms with Gasteiger partial charge >= 0.3 is 0 Å². The van der Waals surface area contributed by atoms with Gasteiger partial charge in [0.1, 0.15) is 17.6 Å². The Kier molecular flexibility index (Phi) is 4.46. The van der Waals surface area contributed by atoms with Crippen molar-refractivity contribution >= 4 is 5.91 Å². The highest BCUT2D eigenvalue weighted by Crippen LogP contribution is 2.33. The van der Waals surface area contributed by atoms with E-state index in [0.29, 0.717) is 18.1 Å². The molecule has 1 aromatic carbocycles. The van der Waals surface area contributed by atoms with Crippen molar-refractivity contribution < 1.29 is 13.6 Å². The molecule has 1 aromatic heterocycles. The average Bonchev–Trinajstić information content (AvgIpc) is 3.14. The SMILES string of the molecule is CC(C)C(=O)N1CCCC1c1ncc(Cc2cccc(F)c2)o1. The maximum atomic E-state index is 13.2. The van der Waals surface area contributed by atoms with Crippen LogP contribution in [0.3, 0.4) is 0 Å². The zero-order chi connectivity index (χ0) is 16.4. The largest absolute Gasteiger partial charge is 0.443 e. The number of amides is 1. The van der Waals surface area contributed by atoms with Crippen LogP contribution >= 0.6 is 0 Å². The summed E-state index contributed by atoms with van der Waals surface area (Å²) in [5.74, 6) is 1.12. The Hall–Kier alpha value is -2.17. The molecule has 23 heavy (non-hydrogen) atoms. The Bertz CT molecular complexity index is 696. The van der Waals surface area contributed by atoms with E-state index in [1.807, 2.05) is 24.8 Å². The Labute approximate surface area is 135 Å². The molecule has 5 heteroatoms. The molecule has 122 valence electrons. The number of benzene rings is 1. The van der Waals surface area contributed by atoms with Crippen molar-refractivity contribution in [3.05, 3.63) is 53.5 Å². The Morgan fingerprint density at radius 3 is 3.04 bits per heavy atom. The van der Waals surface area contributed by atoms with Crippen molar-refractivity contribution in [3.63, 3.8) is 0 Å². The third kappa shape index (κ3) is 3.44. The molecular weight excluding hydrogens is 295 g/mol. The lowest BCUT2D eigenvalue weighted by Crippen LogP contribution is -2.33. The van der Waals surface area contributed by atoms with Gasteiger partial charge < -0.3 is 9.32 Å². The lowest BCUT2D eigenvalue weighted by Gasteiger charge is -2.24. The molecule has 0 N–H and O–H groups in total. The Morgan fingerprint density at radius 1 is 1.48 bits per heavy atom. The number of hydrogen-bond donors (Lipinski definition) is 0. The van der Waals surface area contributed by atoms with Crippen molar-refractivity contribution in [2.75, 3.05) is 6.54 Å². The van der Waals surface area contributed by atoms with Gasteiger partial charge in [0.15, 0.2) is 0 Å². The van der Waals surface area contributed by atoms with Crippen LogP contribution in [0.2, 0.25) is 0 Å². The summed E-state index contributed by atoms with van der Waals surface area (Å²) in [6, 6.07) is 6.37.